The molecule has 1 heterocycles. The van der Waals surface area contributed by atoms with Gasteiger partial charge in [0, 0.05) is 18.6 Å². The molecule has 19 heavy (non-hydrogen) atoms. The minimum atomic E-state index is 0.194. The van der Waals surface area contributed by atoms with Crippen LogP contribution in [-0.4, -0.2) is 49.6 Å². The summed E-state index contributed by atoms with van der Waals surface area (Å²) in [5.74, 6) is 1.03. The third-order valence-corrected chi connectivity index (χ3v) is 4.49. The van der Waals surface area contributed by atoms with Gasteiger partial charge in [-0.1, -0.05) is 6.92 Å². The van der Waals surface area contributed by atoms with E-state index in [1.54, 1.807) is 0 Å². The molecule has 0 aromatic carbocycles. The van der Waals surface area contributed by atoms with E-state index in [1.165, 1.54) is 25.7 Å². The molecule has 1 aliphatic carbocycles. The Labute approximate surface area is 117 Å². The van der Waals surface area contributed by atoms with Crippen molar-refractivity contribution in [3.63, 3.8) is 0 Å². The summed E-state index contributed by atoms with van der Waals surface area (Å²) in [6, 6.07) is 0.995. The lowest BCUT2D eigenvalue weighted by Crippen LogP contribution is -2.44. The monoisotopic (exact) mass is 267 g/mol. The molecule has 2 rings (SSSR count). The second-order valence-corrected chi connectivity index (χ2v) is 6.51. The van der Waals surface area contributed by atoms with Crippen molar-refractivity contribution in [2.45, 2.75) is 57.5 Å². The van der Waals surface area contributed by atoms with Gasteiger partial charge in [-0.15, -0.1) is 0 Å². The van der Waals surface area contributed by atoms with Gasteiger partial charge in [-0.2, -0.15) is 0 Å². The molecule has 4 nitrogen and oxygen atoms in total. The van der Waals surface area contributed by atoms with Crippen molar-refractivity contribution in [3.05, 3.63) is 0 Å². The summed E-state index contributed by atoms with van der Waals surface area (Å²) in [7, 11) is 2.04. The van der Waals surface area contributed by atoms with Crippen LogP contribution in [0.3, 0.4) is 0 Å². The maximum absolute atomic E-state index is 12.0. The van der Waals surface area contributed by atoms with E-state index in [-0.39, 0.29) is 5.91 Å². The van der Waals surface area contributed by atoms with E-state index < -0.39 is 0 Å². The summed E-state index contributed by atoms with van der Waals surface area (Å²) >= 11 is 0. The van der Waals surface area contributed by atoms with Gasteiger partial charge in [0.25, 0.3) is 0 Å². The molecule has 1 aliphatic heterocycles. The lowest BCUT2D eigenvalue weighted by atomic mass is 9.87. The third kappa shape index (κ3) is 5.11. The highest BCUT2D eigenvalue weighted by Crippen LogP contribution is 2.23. The topological polar surface area (TPSA) is 44.4 Å². The molecule has 0 aromatic rings. The lowest BCUT2D eigenvalue weighted by Gasteiger charge is -2.28. The van der Waals surface area contributed by atoms with Crippen LogP contribution in [0.5, 0.6) is 0 Å². The Morgan fingerprint density at radius 1 is 1.26 bits per heavy atom. The number of nitrogens with one attached hydrogen (secondary N) is 2. The van der Waals surface area contributed by atoms with Crippen LogP contribution in [0.2, 0.25) is 0 Å². The van der Waals surface area contributed by atoms with Gasteiger partial charge in [0.05, 0.1) is 6.54 Å². The lowest BCUT2D eigenvalue weighted by molar-refractivity contribution is -0.123. The average Bonchev–Trinajstić information content (AvgIpc) is 2.84. The number of rotatable bonds is 5. The number of hydrogen-bond donors (Lipinski definition) is 2. The zero-order valence-electron chi connectivity index (χ0n) is 12.5. The zero-order chi connectivity index (χ0) is 13.7. The van der Waals surface area contributed by atoms with Crippen LogP contribution in [0, 0.1) is 5.92 Å². The highest BCUT2D eigenvalue weighted by atomic mass is 16.2. The summed E-state index contributed by atoms with van der Waals surface area (Å²) < 4.78 is 0. The number of carbonyl (C=O) groups is 1. The molecule has 4 heteroatoms. The maximum Gasteiger partial charge on any atom is 0.234 e. The third-order valence-electron chi connectivity index (χ3n) is 4.49. The molecule has 1 saturated heterocycles. The van der Waals surface area contributed by atoms with Crippen LogP contribution >= 0.6 is 0 Å². The van der Waals surface area contributed by atoms with Gasteiger partial charge in [0.1, 0.15) is 0 Å². The molecular formula is C15H29N3O. The second kappa shape index (κ2) is 7.25. The number of carbonyl (C=O) groups excluding carboxylic acids is 1. The van der Waals surface area contributed by atoms with Gasteiger partial charge in [-0.05, 0) is 58.0 Å². The van der Waals surface area contributed by atoms with Gasteiger partial charge in [-0.3, -0.25) is 9.69 Å². The van der Waals surface area contributed by atoms with Gasteiger partial charge < -0.3 is 10.6 Å². The summed E-state index contributed by atoms with van der Waals surface area (Å²) in [6.45, 7) is 4.95. The molecule has 1 unspecified atom stereocenters. The fraction of sp³-hybridized carbons (Fsp3) is 0.933. The normalized spacial score (nSPS) is 31.6. The van der Waals surface area contributed by atoms with E-state index >= 15 is 0 Å². The van der Waals surface area contributed by atoms with Crippen LogP contribution in [0.1, 0.15) is 45.4 Å². The largest absolute Gasteiger partial charge is 0.352 e. The molecule has 110 valence electrons. The second-order valence-electron chi connectivity index (χ2n) is 6.51. The van der Waals surface area contributed by atoms with Crippen LogP contribution in [0.25, 0.3) is 0 Å². The fourth-order valence-electron chi connectivity index (χ4n) is 3.28. The standard InChI is InChI=1S/C15H29N3O/c1-12-5-7-13(8-6-12)17-15(19)11-18(2)10-14-4-3-9-16-14/h12-14,16H,3-11H2,1-2H3,(H,17,19). The first-order valence-corrected chi connectivity index (χ1v) is 7.85. The van der Waals surface area contributed by atoms with E-state index in [0.717, 1.165) is 31.8 Å². The highest BCUT2D eigenvalue weighted by Gasteiger charge is 2.21. The molecule has 0 spiro atoms. The number of nitrogens with zero attached hydrogens (tertiary/aromatic N) is 1. The Bertz CT molecular complexity index is 281. The Balaban J connectivity index is 1.62. The van der Waals surface area contributed by atoms with Crippen molar-refractivity contribution in [1.29, 1.82) is 0 Å². The van der Waals surface area contributed by atoms with E-state index in [9.17, 15) is 4.79 Å². The molecule has 1 saturated carbocycles. The van der Waals surface area contributed by atoms with Crippen molar-refractivity contribution in [3.8, 4) is 0 Å². The molecule has 0 bridgehead atoms. The molecule has 2 fully saturated rings. The Kier molecular flexibility index (Phi) is 5.64. The minimum absolute atomic E-state index is 0.194. The van der Waals surface area contributed by atoms with Crippen molar-refractivity contribution in [2.24, 2.45) is 5.92 Å². The highest BCUT2D eigenvalue weighted by molar-refractivity contribution is 5.78. The smallest absolute Gasteiger partial charge is 0.234 e. The van der Waals surface area contributed by atoms with Crippen molar-refractivity contribution in [1.82, 2.24) is 15.5 Å². The predicted octanol–water partition coefficient (Wildman–Crippen LogP) is 1.37. The zero-order valence-corrected chi connectivity index (χ0v) is 12.5. The molecule has 0 aromatic heterocycles. The van der Waals surface area contributed by atoms with Crippen molar-refractivity contribution < 1.29 is 4.79 Å². The van der Waals surface area contributed by atoms with Crippen LogP contribution < -0.4 is 10.6 Å². The summed E-state index contributed by atoms with van der Waals surface area (Å²) in [5.41, 5.74) is 0. The Hall–Kier alpha value is -0.610. The number of likely N-dealkylation sites (N-methyl/N-ethyl adjacent to an activating group) is 1. The molecule has 2 aliphatic rings. The molecular weight excluding hydrogens is 238 g/mol. The van der Waals surface area contributed by atoms with Gasteiger partial charge >= 0.3 is 0 Å². The average molecular weight is 267 g/mol. The predicted molar refractivity (Wildman–Crippen MR) is 78.1 cm³/mol. The molecule has 0 radical (unpaired) electrons. The van der Waals surface area contributed by atoms with E-state index in [1.807, 2.05) is 7.05 Å². The van der Waals surface area contributed by atoms with Crippen molar-refractivity contribution >= 4 is 5.91 Å². The van der Waals surface area contributed by atoms with Gasteiger partial charge in [-0.25, -0.2) is 0 Å². The number of amides is 1. The maximum atomic E-state index is 12.0. The minimum Gasteiger partial charge on any atom is -0.352 e. The first-order chi connectivity index (χ1) is 9.13. The molecule has 1 atom stereocenters. The Morgan fingerprint density at radius 3 is 2.63 bits per heavy atom. The van der Waals surface area contributed by atoms with Crippen LogP contribution in [0.4, 0.5) is 0 Å². The quantitative estimate of drug-likeness (QED) is 0.790. The molecule has 2 N–H and O–H groups in total. The number of hydrogen-bond acceptors (Lipinski definition) is 3. The SMILES string of the molecule is CC1CCC(NC(=O)CN(C)CC2CCCN2)CC1. The van der Waals surface area contributed by atoms with Crippen LogP contribution in [-0.2, 0) is 4.79 Å². The summed E-state index contributed by atoms with van der Waals surface area (Å²) in [4.78, 5) is 14.1. The Morgan fingerprint density at radius 2 is 2.00 bits per heavy atom. The van der Waals surface area contributed by atoms with E-state index in [2.05, 4.69) is 22.5 Å². The van der Waals surface area contributed by atoms with E-state index in [0.29, 0.717) is 18.6 Å². The first-order valence-electron chi connectivity index (χ1n) is 7.85. The van der Waals surface area contributed by atoms with Crippen LogP contribution in [0.15, 0.2) is 0 Å². The molecule has 1 amide bonds. The van der Waals surface area contributed by atoms with Gasteiger partial charge in [0.15, 0.2) is 0 Å². The van der Waals surface area contributed by atoms with Gasteiger partial charge in [0.2, 0.25) is 5.91 Å². The van der Waals surface area contributed by atoms with E-state index in [4.69, 9.17) is 0 Å². The van der Waals surface area contributed by atoms with Crippen molar-refractivity contribution in [2.75, 3.05) is 26.7 Å². The first kappa shape index (κ1) is 14.8. The summed E-state index contributed by atoms with van der Waals surface area (Å²) in [5, 5.41) is 6.67. The summed E-state index contributed by atoms with van der Waals surface area (Å²) in [6.07, 6.45) is 7.33. The fourth-order valence-corrected chi connectivity index (χ4v) is 3.28.